The SMILES string of the molecule is CC(C)=CCC/C(C)=C/CC/C(C)=C/CSCC(Nc1ncc(C(=O)[OH2+])cn1)C(=O)O. The van der Waals surface area contributed by atoms with E-state index in [9.17, 15) is 14.7 Å². The topological polar surface area (TPSA) is 115 Å². The highest BCUT2D eigenvalue weighted by atomic mass is 32.2. The number of thioether (sulfide) groups is 1. The molecule has 0 spiro atoms. The molecule has 0 aliphatic rings. The summed E-state index contributed by atoms with van der Waals surface area (Å²) < 4.78 is 0. The number of aliphatic carboxylic acids is 1. The molecule has 0 amide bonds. The predicted molar refractivity (Wildman–Crippen MR) is 128 cm³/mol. The first-order valence-corrected chi connectivity index (χ1v) is 11.4. The van der Waals surface area contributed by atoms with Crippen LogP contribution in [0, 0.1) is 0 Å². The summed E-state index contributed by atoms with van der Waals surface area (Å²) in [6.07, 6.45) is 13.3. The summed E-state index contributed by atoms with van der Waals surface area (Å²) in [4.78, 5) is 30.2. The van der Waals surface area contributed by atoms with E-state index in [0.717, 1.165) is 31.4 Å². The van der Waals surface area contributed by atoms with E-state index in [1.807, 2.05) is 0 Å². The summed E-state index contributed by atoms with van der Waals surface area (Å²) in [5.41, 5.74) is 4.12. The van der Waals surface area contributed by atoms with E-state index in [-0.39, 0.29) is 11.5 Å². The van der Waals surface area contributed by atoms with E-state index in [4.69, 9.17) is 5.11 Å². The second-order valence-corrected chi connectivity index (χ2v) is 8.73. The molecule has 0 aliphatic heterocycles. The molecule has 0 saturated carbocycles. The van der Waals surface area contributed by atoms with Gasteiger partial charge in [-0.05, 0) is 53.4 Å². The molecule has 4 N–H and O–H groups in total. The summed E-state index contributed by atoms with van der Waals surface area (Å²) in [6.45, 7) is 8.51. The van der Waals surface area contributed by atoms with Crippen LogP contribution in [-0.4, -0.2) is 49.7 Å². The highest BCUT2D eigenvalue weighted by Gasteiger charge is 2.19. The fourth-order valence-corrected chi connectivity index (χ4v) is 3.58. The van der Waals surface area contributed by atoms with Gasteiger partial charge in [-0.2, -0.15) is 11.8 Å². The molecule has 7 nitrogen and oxygen atoms in total. The molecule has 0 aliphatic carbocycles. The van der Waals surface area contributed by atoms with Crippen molar-refractivity contribution in [3.8, 4) is 0 Å². The number of nitrogens with one attached hydrogen (secondary N) is 1. The second-order valence-electron chi connectivity index (χ2n) is 7.66. The number of carboxylic acids is 1. The minimum atomic E-state index is -0.994. The fraction of sp³-hybridized carbons (Fsp3) is 0.478. The molecular formula is C23H34N3O4S+. The van der Waals surface area contributed by atoms with Crippen LogP contribution in [0.2, 0.25) is 0 Å². The van der Waals surface area contributed by atoms with E-state index in [1.165, 1.54) is 40.9 Å². The fourth-order valence-electron chi connectivity index (χ4n) is 2.58. The monoisotopic (exact) mass is 448 g/mol. The van der Waals surface area contributed by atoms with Crippen molar-refractivity contribution in [2.45, 2.75) is 59.4 Å². The van der Waals surface area contributed by atoms with Crippen molar-refractivity contribution in [1.29, 1.82) is 0 Å². The van der Waals surface area contributed by atoms with Gasteiger partial charge in [0.2, 0.25) is 5.95 Å². The van der Waals surface area contributed by atoms with E-state index < -0.39 is 18.0 Å². The van der Waals surface area contributed by atoms with Crippen LogP contribution in [0.3, 0.4) is 0 Å². The molecule has 31 heavy (non-hydrogen) atoms. The summed E-state index contributed by atoms with van der Waals surface area (Å²) in [5, 5.41) is 19.2. The molecule has 1 atom stereocenters. The van der Waals surface area contributed by atoms with Gasteiger partial charge in [-0.3, -0.25) is 0 Å². The number of carbonyl (C=O) groups is 2. The molecule has 1 aromatic heterocycles. The van der Waals surface area contributed by atoms with Crippen molar-refractivity contribution < 1.29 is 19.8 Å². The van der Waals surface area contributed by atoms with Crippen LogP contribution in [0.5, 0.6) is 0 Å². The van der Waals surface area contributed by atoms with Crippen LogP contribution in [0.1, 0.15) is 63.7 Å². The zero-order valence-corrected chi connectivity index (χ0v) is 19.6. The highest BCUT2D eigenvalue weighted by Crippen LogP contribution is 2.14. The Kier molecular flexibility index (Phi) is 12.3. The van der Waals surface area contributed by atoms with Crippen molar-refractivity contribution in [2.24, 2.45) is 0 Å². The Bertz CT molecular complexity index is 813. The third-order valence-corrected chi connectivity index (χ3v) is 5.44. The van der Waals surface area contributed by atoms with Gasteiger partial charge in [-0.15, -0.1) is 0 Å². The number of carbonyl (C=O) groups excluding carboxylic acids is 1. The third-order valence-electron chi connectivity index (χ3n) is 4.47. The number of anilines is 1. The molecule has 170 valence electrons. The number of hydrogen-bond acceptors (Lipinski definition) is 6. The normalized spacial score (nSPS) is 12.9. The highest BCUT2D eigenvalue weighted by molar-refractivity contribution is 7.99. The van der Waals surface area contributed by atoms with Gasteiger partial charge >= 0.3 is 11.9 Å². The predicted octanol–water partition coefficient (Wildman–Crippen LogP) is 4.36. The largest absolute Gasteiger partial charge is 0.561 e. The average molecular weight is 449 g/mol. The number of aromatic nitrogens is 2. The Morgan fingerprint density at radius 2 is 1.65 bits per heavy atom. The van der Waals surface area contributed by atoms with E-state index in [2.05, 4.69) is 61.2 Å². The van der Waals surface area contributed by atoms with Crippen LogP contribution >= 0.6 is 11.8 Å². The van der Waals surface area contributed by atoms with Crippen LogP contribution in [0.25, 0.3) is 0 Å². The van der Waals surface area contributed by atoms with Crippen LogP contribution in [0.4, 0.5) is 5.95 Å². The maximum atomic E-state index is 11.5. The summed E-state index contributed by atoms with van der Waals surface area (Å²) >= 11 is 1.52. The van der Waals surface area contributed by atoms with Crippen molar-refractivity contribution in [2.75, 3.05) is 16.8 Å². The molecule has 0 aromatic carbocycles. The number of carboxylic acid groups (broad SMARTS) is 1. The number of nitrogens with zero attached hydrogens (tertiary/aromatic N) is 2. The van der Waals surface area contributed by atoms with Gasteiger partial charge in [0.15, 0.2) is 5.56 Å². The first-order valence-electron chi connectivity index (χ1n) is 10.3. The Labute approximate surface area is 188 Å². The Morgan fingerprint density at radius 3 is 2.19 bits per heavy atom. The maximum absolute atomic E-state index is 11.5. The Morgan fingerprint density at radius 1 is 1.06 bits per heavy atom. The van der Waals surface area contributed by atoms with E-state index in [1.54, 1.807) is 0 Å². The van der Waals surface area contributed by atoms with Crippen LogP contribution in [0.15, 0.2) is 47.3 Å². The molecular weight excluding hydrogens is 414 g/mol. The number of rotatable bonds is 14. The van der Waals surface area contributed by atoms with Crippen LogP contribution < -0.4 is 5.32 Å². The van der Waals surface area contributed by atoms with Crippen molar-refractivity contribution in [3.05, 3.63) is 52.9 Å². The van der Waals surface area contributed by atoms with Gasteiger partial charge in [0.05, 0.1) is 12.4 Å². The third kappa shape index (κ3) is 12.0. The molecule has 0 radical (unpaired) electrons. The molecule has 0 saturated heterocycles. The Hall–Kier alpha value is -2.61. The van der Waals surface area contributed by atoms with Gasteiger partial charge in [0, 0.05) is 16.3 Å². The second kappa shape index (κ2) is 14.4. The molecule has 0 bridgehead atoms. The first kappa shape index (κ1) is 26.4. The molecule has 1 aromatic rings. The lowest BCUT2D eigenvalue weighted by molar-refractivity contribution is -0.137. The quantitative estimate of drug-likeness (QED) is 0.247. The minimum Gasteiger partial charge on any atom is -0.561 e. The summed E-state index contributed by atoms with van der Waals surface area (Å²) in [5.74, 6) is -0.672. The zero-order valence-electron chi connectivity index (χ0n) is 18.8. The molecule has 1 rings (SSSR count). The van der Waals surface area contributed by atoms with Gasteiger partial charge in [0.25, 0.3) is 0 Å². The molecule has 8 heteroatoms. The average Bonchev–Trinajstić information content (AvgIpc) is 2.70. The summed E-state index contributed by atoms with van der Waals surface area (Å²) in [6, 6.07) is -0.845. The van der Waals surface area contributed by atoms with Crippen molar-refractivity contribution >= 4 is 29.6 Å². The Balaban J connectivity index is 2.39. The lowest BCUT2D eigenvalue weighted by atomic mass is 10.1. The standard InChI is InChI=1S/C23H33N3O4S/c1-16(2)7-5-8-17(3)9-6-10-18(4)11-12-31-15-20(22(29)30)26-23-24-13-19(14-25-23)21(27)28/h7,9,11,13-14,20H,5-6,8,10,12,15H2,1-4H3,(H,27,28)(H,29,30)(H,24,25,26)/p+1/b17-9+,18-11+. The first-order chi connectivity index (χ1) is 14.7. The van der Waals surface area contributed by atoms with Crippen molar-refractivity contribution in [3.63, 3.8) is 0 Å². The summed E-state index contributed by atoms with van der Waals surface area (Å²) in [7, 11) is 0. The van der Waals surface area contributed by atoms with Gasteiger partial charge < -0.3 is 15.5 Å². The van der Waals surface area contributed by atoms with Gasteiger partial charge in [0.1, 0.15) is 6.04 Å². The molecule has 0 fully saturated rings. The number of hydrogen-bond donors (Lipinski definition) is 2. The lowest BCUT2D eigenvalue weighted by Crippen LogP contribution is -2.32. The zero-order chi connectivity index (χ0) is 23.2. The van der Waals surface area contributed by atoms with Gasteiger partial charge in [-0.25, -0.2) is 14.8 Å². The van der Waals surface area contributed by atoms with Crippen LogP contribution in [-0.2, 0) is 4.79 Å². The lowest BCUT2D eigenvalue weighted by Gasteiger charge is -2.13. The van der Waals surface area contributed by atoms with Gasteiger partial charge in [-0.1, -0.05) is 34.9 Å². The number of allylic oxidation sites excluding steroid dienone is 5. The minimum absolute atomic E-state index is 0.0605. The van der Waals surface area contributed by atoms with Crippen molar-refractivity contribution in [1.82, 2.24) is 9.97 Å². The van der Waals surface area contributed by atoms with E-state index in [0.29, 0.717) is 5.75 Å². The maximum Gasteiger partial charge on any atom is 0.552 e. The van der Waals surface area contributed by atoms with E-state index >= 15 is 0 Å². The smallest absolute Gasteiger partial charge is 0.552 e. The molecule has 1 unspecified atom stereocenters. The molecule has 1 heterocycles.